The van der Waals surface area contributed by atoms with Crippen molar-refractivity contribution >= 4 is 18.1 Å². The molecule has 0 aliphatic carbocycles. The summed E-state index contributed by atoms with van der Waals surface area (Å²) in [5.74, 6) is 1.16. The molecule has 1 amide bonds. The summed E-state index contributed by atoms with van der Waals surface area (Å²) in [6.07, 6.45) is 0.238. The van der Waals surface area contributed by atoms with E-state index >= 15 is 0 Å². The first kappa shape index (κ1) is 17.2. The fourth-order valence-corrected chi connectivity index (χ4v) is 2.27. The summed E-state index contributed by atoms with van der Waals surface area (Å²) in [7, 11) is 0. The third-order valence-electron chi connectivity index (χ3n) is 3.54. The van der Waals surface area contributed by atoms with E-state index in [-0.39, 0.29) is 6.61 Å². The van der Waals surface area contributed by atoms with Crippen LogP contribution in [0.4, 0.5) is 10.5 Å². The maximum absolute atomic E-state index is 11.8. The summed E-state index contributed by atoms with van der Waals surface area (Å²) in [5.41, 5.74) is 2.06. The number of carbonyl (C=O) groups excluding carboxylic acids is 2. The van der Waals surface area contributed by atoms with E-state index in [4.69, 9.17) is 9.47 Å². The van der Waals surface area contributed by atoms with E-state index in [1.807, 2.05) is 30.3 Å². The van der Waals surface area contributed by atoms with E-state index in [0.717, 1.165) is 11.8 Å². The van der Waals surface area contributed by atoms with Crippen LogP contribution in [0.3, 0.4) is 0 Å². The number of anilines is 1. The van der Waals surface area contributed by atoms with Gasteiger partial charge in [0.2, 0.25) is 0 Å². The lowest BCUT2D eigenvalue weighted by Crippen LogP contribution is -2.13. The van der Waals surface area contributed by atoms with Crippen LogP contribution in [0.5, 0.6) is 11.5 Å². The minimum Gasteiger partial charge on any atom is -0.457 e. The Hall–Kier alpha value is -3.60. The number of ether oxygens (including phenoxy) is 2. The molecule has 1 N–H and O–H groups in total. The Kier molecular flexibility index (Phi) is 5.62. The average molecular weight is 347 g/mol. The number of nitrogens with one attached hydrogen (secondary N) is 1. The Bertz CT molecular complexity index is 876. The third-order valence-corrected chi connectivity index (χ3v) is 3.54. The Labute approximate surface area is 151 Å². The highest BCUT2D eigenvalue weighted by Gasteiger charge is 2.05. The Balaban J connectivity index is 1.53. The number of carbonyl (C=O) groups is 2. The second-order valence-corrected chi connectivity index (χ2v) is 5.50. The van der Waals surface area contributed by atoms with Gasteiger partial charge in [-0.1, -0.05) is 42.5 Å². The first-order chi connectivity index (χ1) is 12.7. The molecule has 0 bridgehead atoms. The summed E-state index contributed by atoms with van der Waals surface area (Å²) >= 11 is 0. The third kappa shape index (κ3) is 4.95. The van der Waals surface area contributed by atoms with Gasteiger partial charge < -0.3 is 9.47 Å². The van der Waals surface area contributed by atoms with Gasteiger partial charge in [0.1, 0.15) is 24.4 Å². The SMILES string of the molecule is O=Cc1cccc(Oc2ccc(NC(=O)OCc3ccccc3)cc2)c1. The number of benzene rings is 3. The number of hydrogen-bond donors (Lipinski definition) is 1. The molecule has 0 unspecified atom stereocenters. The molecule has 0 saturated carbocycles. The number of rotatable bonds is 6. The fraction of sp³-hybridized carbons (Fsp3) is 0.0476. The van der Waals surface area contributed by atoms with Crippen molar-refractivity contribution < 1.29 is 19.1 Å². The summed E-state index contributed by atoms with van der Waals surface area (Å²) in [5, 5.41) is 2.66. The average Bonchev–Trinajstić information content (AvgIpc) is 2.69. The molecule has 26 heavy (non-hydrogen) atoms. The molecule has 0 atom stereocenters. The smallest absolute Gasteiger partial charge is 0.411 e. The first-order valence-electron chi connectivity index (χ1n) is 8.04. The zero-order valence-corrected chi connectivity index (χ0v) is 13.9. The zero-order chi connectivity index (χ0) is 18.2. The van der Waals surface area contributed by atoms with Gasteiger partial charge in [-0.15, -0.1) is 0 Å². The van der Waals surface area contributed by atoms with Crippen molar-refractivity contribution in [1.29, 1.82) is 0 Å². The zero-order valence-electron chi connectivity index (χ0n) is 13.9. The summed E-state index contributed by atoms with van der Waals surface area (Å²) in [6, 6.07) is 23.2. The Morgan fingerprint density at radius 2 is 1.65 bits per heavy atom. The number of aldehydes is 1. The van der Waals surface area contributed by atoms with Crippen molar-refractivity contribution in [3.63, 3.8) is 0 Å². The molecule has 130 valence electrons. The maximum atomic E-state index is 11.8. The van der Waals surface area contributed by atoms with Crippen LogP contribution in [0.1, 0.15) is 15.9 Å². The molecular formula is C21H17NO4. The Morgan fingerprint density at radius 1 is 0.885 bits per heavy atom. The van der Waals surface area contributed by atoms with Crippen LogP contribution >= 0.6 is 0 Å². The molecule has 5 nitrogen and oxygen atoms in total. The lowest BCUT2D eigenvalue weighted by molar-refractivity contribution is 0.112. The standard InChI is InChI=1S/C21H17NO4/c23-14-17-7-4-8-20(13-17)26-19-11-9-18(10-12-19)22-21(24)25-15-16-5-2-1-3-6-16/h1-14H,15H2,(H,22,24). The summed E-state index contributed by atoms with van der Waals surface area (Å²) < 4.78 is 10.9. The van der Waals surface area contributed by atoms with E-state index in [9.17, 15) is 9.59 Å². The number of hydrogen-bond acceptors (Lipinski definition) is 4. The predicted octanol–water partition coefficient (Wildman–Crippen LogP) is 5.04. The van der Waals surface area contributed by atoms with E-state index in [0.29, 0.717) is 22.7 Å². The van der Waals surface area contributed by atoms with E-state index in [1.54, 1.807) is 48.5 Å². The van der Waals surface area contributed by atoms with Crippen molar-refractivity contribution in [2.24, 2.45) is 0 Å². The topological polar surface area (TPSA) is 64.6 Å². The molecule has 0 radical (unpaired) electrons. The van der Waals surface area contributed by atoms with Gasteiger partial charge in [-0.3, -0.25) is 10.1 Å². The fourth-order valence-electron chi connectivity index (χ4n) is 2.27. The van der Waals surface area contributed by atoms with Crippen LogP contribution in [0.25, 0.3) is 0 Å². The van der Waals surface area contributed by atoms with Gasteiger partial charge in [-0.2, -0.15) is 0 Å². The lowest BCUT2D eigenvalue weighted by atomic mass is 10.2. The van der Waals surface area contributed by atoms with Gasteiger partial charge >= 0.3 is 6.09 Å². The van der Waals surface area contributed by atoms with Crippen LogP contribution in [-0.4, -0.2) is 12.4 Å². The predicted molar refractivity (Wildman–Crippen MR) is 98.6 cm³/mol. The van der Waals surface area contributed by atoms with E-state index < -0.39 is 6.09 Å². The van der Waals surface area contributed by atoms with Crippen LogP contribution < -0.4 is 10.1 Å². The van der Waals surface area contributed by atoms with Crippen molar-refractivity contribution in [2.75, 3.05) is 5.32 Å². The van der Waals surface area contributed by atoms with Crippen LogP contribution in [0, 0.1) is 0 Å². The Morgan fingerprint density at radius 3 is 2.38 bits per heavy atom. The molecule has 3 aromatic carbocycles. The molecule has 5 heteroatoms. The highest BCUT2D eigenvalue weighted by molar-refractivity contribution is 5.84. The molecule has 3 rings (SSSR count). The molecule has 0 aliphatic heterocycles. The maximum Gasteiger partial charge on any atom is 0.411 e. The van der Waals surface area contributed by atoms with Gasteiger partial charge in [0, 0.05) is 11.3 Å². The van der Waals surface area contributed by atoms with Crippen LogP contribution in [0.2, 0.25) is 0 Å². The molecule has 3 aromatic rings. The van der Waals surface area contributed by atoms with Crippen molar-refractivity contribution in [3.8, 4) is 11.5 Å². The van der Waals surface area contributed by atoms with Crippen molar-refractivity contribution in [1.82, 2.24) is 0 Å². The second-order valence-electron chi connectivity index (χ2n) is 5.50. The van der Waals surface area contributed by atoms with Gasteiger partial charge in [0.05, 0.1) is 0 Å². The number of amides is 1. The molecule has 0 aromatic heterocycles. The first-order valence-corrected chi connectivity index (χ1v) is 8.04. The molecule has 0 aliphatic rings. The molecular weight excluding hydrogens is 330 g/mol. The highest BCUT2D eigenvalue weighted by Crippen LogP contribution is 2.23. The minimum atomic E-state index is -0.527. The van der Waals surface area contributed by atoms with Crippen molar-refractivity contribution in [3.05, 3.63) is 90.0 Å². The summed E-state index contributed by atoms with van der Waals surface area (Å²) in [6.45, 7) is 0.209. The normalized spacial score (nSPS) is 10.0. The second kappa shape index (κ2) is 8.48. The van der Waals surface area contributed by atoms with E-state index in [1.165, 1.54) is 0 Å². The largest absolute Gasteiger partial charge is 0.457 e. The van der Waals surface area contributed by atoms with Gasteiger partial charge in [0.25, 0.3) is 0 Å². The summed E-state index contributed by atoms with van der Waals surface area (Å²) in [4.78, 5) is 22.6. The minimum absolute atomic E-state index is 0.209. The van der Waals surface area contributed by atoms with Gasteiger partial charge in [-0.05, 0) is 42.0 Å². The van der Waals surface area contributed by atoms with Crippen LogP contribution in [0.15, 0.2) is 78.9 Å². The van der Waals surface area contributed by atoms with Crippen molar-refractivity contribution in [2.45, 2.75) is 6.61 Å². The van der Waals surface area contributed by atoms with Gasteiger partial charge in [-0.25, -0.2) is 4.79 Å². The van der Waals surface area contributed by atoms with Gasteiger partial charge in [0.15, 0.2) is 0 Å². The lowest BCUT2D eigenvalue weighted by Gasteiger charge is -2.09. The monoisotopic (exact) mass is 347 g/mol. The molecule has 0 saturated heterocycles. The molecule has 0 fully saturated rings. The molecule has 0 heterocycles. The quantitative estimate of drug-likeness (QED) is 0.635. The highest BCUT2D eigenvalue weighted by atomic mass is 16.5. The van der Waals surface area contributed by atoms with Crippen LogP contribution in [-0.2, 0) is 11.3 Å². The van der Waals surface area contributed by atoms with E-state index in [2.05, 4.69) is 5.32 Å². The molecule has 0 spiro atoms.